The molecular weight excluding hydrogens is 448 g/mol. The second-order valence-electron chi connectivity index (χ2n) is 7.64. The van der Waals surface area contributed by atoms with Crippen LogP contribution in [0.2, 0.25) is 5.02 Å². The molecule has 4 rings (SSSR count). The SMILES string of the molecule is COc1ccc(C(=O)CC2(O)C(=O)N(Cc3ccc(Cl)cc3)c3ccccc32)cc1[N+](=O)[O-]. The Hall–Kier alpha value is -3.75. The van der Waals surface area contributed by atoms with Crippen molar-refractivity contribution in [2.24, 2.45) is 0 Å². The third-order valence-electron chi connectivity index (χ3n) is 5.61. The number of rotatable bonds is 7. The van der Waals surface area contributed by atoms with Gasteiger partial charge >= 0.3 is 5.69 Å². The van der Waals surface area contributed by atoms with Crippen LogP contribution in [-0.4, -0.2) is 28.8 Å². The van der Waals surface area contributed by atoms with E-state index < -0.39 is 28.6 Å². The number of ketones is 1. The molecule has 1 unspecified atom stereocenters. The number of carbonyl (C=O) groups is 2. The number of Topliss-reactive ketones (excluding diaryl/α,β-unsaturated/α-hetero) is 1. The minimum atomic E-state index is -2.10. The van der Waals surface area contributed by atoms with Crippen molar-refractivity contribution in [2.45, 2.75) is 18.6 Å². The Balaban J connectivity index is 1.67. The molecule has 0 radical (unpaired) electrons. The minimum absolute atomic E-state index is 0.00245. The minimum Gasteiger partial charge on any atom is -0.490 e. The molecule has 0 fully saturated rings. The van der Waals surface area contributed by atoms with Gasteiger partial charge in [-0.1, -0.05) is 41.9 Å². The van der Waals surface area contributed by atoms with Crippen LogP contribution in [0.25, 0.3) is 0 Å². The maximum atomic E-state index is 13.4. The van der Waals surface area contributed by atoms with Crippen molar-refractivity contribution >= 4 is 34.7 Å². The van der Waals surface area contributed by atoms with Crippen molar-refractivity contribution in [2.75, 3.05) is 12.0 Å². The molecule has 3 aromatic carbocycles. The summed E-state index contributed by atoms with van der Waals surface area (Å²) in [6.45, 7) is 0.178. The molecule has 8 nitrogen and oxygen atoms in total. The van der Waals surface area contributed by atoms with Gasteiger partial charge in [-0.05, 0) is 35.9 Å². The maximum absolute atomic E-state index is 13.4. The van der Waals surface area contributed by atoms with Crippen molar-refractivity contribution in [3.8, 4) is 5.75 Å². The van der Waals surface area contributed by atoms with Crippen LogP contribution in [0.15, 0.2) is 66.7 Å². The van der Waals surface area contributed by atoms with E-state index in [1.54, 1.807) is 48.5 Å². The van der Waals surface area contributed by atoms with Crippen LogP contribution < -0.4 is 9.64 Å². The fourth-order valence-corrected chi connectivity index (χ4v) is 4.07. The highest BCUT2D eigenvalue weighted by Gasteiger charge is 2.50. The zero-order valence-electron chi connectivity index (χ0n) is 17.5. The van der Waals surface area contributed by atoms with E-state index in [1.165, 1.54) is 24.1 Å². The van der Waals surface area contributed by atoms with E-state index in [0.717, 1.165) is 11.6 Å². The van der Waals surface area contributed by atoms with E-state index in [-0.39, 0.29) is 23.5 Å². The third kappa shape index (κ3) is 4.06. The molecule has 9 heteroatoms. The lowest BCUT2D eigenvalue weighted by molar-refractivity contribution is -0.385. The summed E-state index contributed by atoms with van der Waals surface area (Å²) in [4.78, 5) is 38.5. The van der Waals surface area contributed by atoms with Gasteiger partial charge in [0.1, 0.15) is 0 Å². The molecule has 1 heterocycles. The van der Waals surface area contributed by atoms with E-state index >= 15 is 0 Å². The number of aliphatic hydroxyl groups is 1. The molecule has 1 atom stereocenters. The predicted octanol–water partition coefficient (Wildman–Crippen LogP) is 4.26. The van der Waals surface area contributed by atoms with E-state index in [9.17, 15) is 24.8 Å². The molecule has 0 saturated carbocycles. The van der Waals surface area contributed by atoms with Crippen molar-refractivity contribution < 1.29 is 24.4 Å². The second kappa shape index (κ2) is 8.65. The van der Waals surface area contributed by atoms with Crippen LogP contribution in [0, 0.1) is 10.1 Å². The normalized spacial score (nSPS) is 17.1. The number of amides is 1. The average Bonchev–Trinajstić information content (AvgIpc) is 3.01. The highest BCUT2D eigenvalue weighted by atomic mass is 35.5. The third-order valence-corrected chi connectivity index (χ3v) is 5.86. The summed E-state index contributed by atoms with van der Waals surface area (Å²) in [7, 11) is 1.29. The van der Waals surface area contributed by atoms with Crippen molar-refractivity contribution in [1.29, 1.82) is 0 Å². The number of carbonyl (C=O) groups excluding carboxylic acids is 2. The average molecular weight is 467 g/mol. The largest absolute Gasteiger partial charge is 0.490 e. The summed E-state index contributed by atoms with van der Waals surface area (Å²) in [6, 6.07) is 17.4. The molecule has 1 aliphatic heterocycles. The highest BCUT2D eigenvalue weighted by Crippen LogP contribution is 2.43. The Morgan fingerprint density at radius 3 is 2.52 bits per heavy atom. The van der Waals surface area contributed by atoms with Crippen LogP contribution in [0.1, 0.15) is 27.9 Å². The van der Waals surface area contributed by atoms with E-state index in [0.29, 0.717) is 16.3 Å². The summed E-state index contributed by atoms with van der Waals surface area (Å²) >= 11 is 5.94. The lowest BCUT2D eigenvalue weighted by atomic mass is 9.88. The molecule has 0 aliphatic carbocycles. The molecule has 1 aliphatic rings. The van der Waals surface area contributed by atoms with Gasteiger partial charge in [-0.25, -0.2) is 0 Å². The smallest absolute Gasteiger partial charge is 0.311 e. The lowest BCUT2D eigenvalue weighted by Gasteiger charge is -2.23. The highest BCUT2D eigenvalue weighted by molar-refractivity contribution is 6.30. The molecule has 0 spiro atoms. The number of nitro groups is 1. The monoisotopic (exact) mass is 466 g/mol. The molecule has 0 bridgehead atoms. The molecule has 1 N–H and O–H groups in total. The van der Waals surface area contributed by atoms with Gasteiger partial charge < -0.3 is 14.7 Å². The Kier molecular flexibility index (Phi) is 5.88. The summed E-state index contributed by atoms with van der Waals surface area (Å²) in [6.07, 6.45) is -0.566. The molecule has 168 valence electrons. The van der Waals surface area contributed by atoms with E-state index in [2.05, 4.69) is 0 Å². The zero-order valence-corrected chi connectivity index (χ0v) is 18.3. The Bertz CT molecular complexity index is 1260. The number of nitrogens with zero attached hydrogens (tertiary/aromatic N) is 2. The van der Waals surface area contributed by atoms with Crippen LogP contribution in [0.4, 0.5) is 11.4 Å². The zero-order chi connectivity index (χ0) is 23.8. The number of nitro benzene ring substituents is 1. The van der Waals surface area contributed by atoms with Gasteiger partial charge in [-0.3, -0.25) is 19.7 Å². The van der Waals surface area contributed by atoms with Gasteiger partial charge in [0, 0.05) is 22.2 Å². The van der Waals surface area contributed by atoms with Crippen molar-refractivity contribution in [3.63, 3.8) is 0 Å². The summed E-state index contributed by atoms with van der Waals surface area (Å²) < 4.78 is 4.96. The van der Waals surface area contributed by atoms with E-state index in [4.69, 9.17) is 16.3 Å². The Labute approximate surface area is 194 Å². The number of hydrogen-bond acceptors (Lipinski definition) is 6. The van der Waals surface area contributed by atoms with Crippen LogP contribution in [0.3, 0.4) is 0 Å². The second-order valence-corrected chi connectivity index (χ2v) is 8.08. The topological polar surface area (TPSA) is 110 Å². The van der Waals surface area contributed by atoms with Crippen molar-refractivity contribution in [1.82, 2.24) is 0 Å². The van der Waals surface area contributed by atoms with Gasteiger partial charge in [-0.15, -0.1) is 0 Å². The number of hydrogen-bond donors (Lipinski definition) is 1. The fourth-order valence-electron chi connectivity index (χ4n) is 3.95. The van der Waals surface area contributed by atoms with Crippen LogP contribution in [0.5, 0.6) is 5.75 Å². The number of para-hydroxylation sites is 1. The first kappa shape index (κ1) is 22.4. The first-order valence-electron chi connectivity index (χ1n) is 9.98. The first-order chi connectivity index (χ1) is 15.7. The van der Waals surface area contributed by atoms with E-state index in [1.807, 2.05) is 0 Å². The molecule has 33 heavy (non-hydrogen) atoms. The summed E-state index contributed by atoms with van der Waals surface area (Å²) in [5.41, 5.74) is -0.887. The first-order valence-corrected chi connectivity index (χ1v) is 10.4. The summed E-state index contributed by atoms with van der Waals surface area (Å²) in [5.74, 6) is -1.25. The lowest BCUT2D eigenvalue weighted by Crippen LogP contribution is -2.41. The van der Waals surface area contributed by atoms with Gasteiger partial charge in [0.05, 0.1) is 30.7 Å². The summed E-state index contributed by atoms with van der Waals surface area (Å²) in [5, 5.41) is 23.3. The predicted molar refractivity (Wildman–Crippen MR) is 122 cm³/mol. The van der Waals surface area contributed by atoms with Gasteiger partial charge in [0.15, 0.2) is 17.1 Å². The number of anilines is 1. The quantitative estimate of drug-likeness (QED) is 0.316. The molecule has 0 saturated heterocycles. The number of fused-ring (bicyclic) bond motifs is 1. The molecule has 3 aromatic rings. The van der Waals surface area contributed by atoms with Crippen LogP contribution in [-0.2, 0) is 16.9 Å². The fraction of sp³-hybridized carbons (Fsp3) is 0.167. The van der Waals surface area contributed by atoms with Gasteiger partial charge in [-0.2, -0.15) is 0 Å². The molecular formula is C24H19ClN2O6. The van der Waals surface area contributed by atoms with Gasteiger partial charge in [0.2, 0.25) is 0 Å². The van der Waals surface area contributed by atoms with Crippen LogP contribution >= 0.6 is 11.6 Å². The number of benzene rings is 3. The van der Waals surface area contributed by atoms with Gasteiger partial charge in [0.25, 0.3) is 5.91 Å². The number of methoxy groups -OCH3 is 1. The number of ether oxygens (including phenoxy) is 1. The molecule has 0 aromatic heterocycles. The maximum Gasteiger partial charge on any atom is 0.311 e. The van der Waals surface area contributed by atoms with Crippen molar-refractivity contribution in [3.05, 3.63) is 98.6 Å². The standard InChI is InChI=1S/C24H19ClN2O6/c1-33-22-11-8-16(12-20(22)27(31)32)21(28)13-24(30)18-4-2-3-5-19(18)26(23(24)29)14-15-6-9-17(25)10-7-15/h2-12,30H,13-14H2,1H3. The molecule has 1 amide bonds. The Morgan fingerprint density at radius 1 is 1.15 bits per heavy atom. The number of halogens is 1. The Morgan fingerprint density at radius 2 is 1.85 bits per heavy atom.